The van der Waals surface area contributed by atoms with Crippen LogP contribution in [0, 0.1) is 0 Å². The molecule has 0 spiro atoms. The molecule has 0 atom stereocenters. The van der Waals surface area contributed by atoms with Crippen molar-refractivity contribution in [3.8, 4) is 5.75 Å². The van der Waals surface area contributed by atoms with Gasteiger partial charge in [-0.3, -0.25) is 9.52 Å². The van der Waals surface area contributed by atoms with Gasteiger partial charge in [0.05, 0.1) is 28.3 Å². The second-order valence-corrected chi connectivity index (χ2v) is 10.2. The molecule has 182 valence electrons. The van der Waals surface area contributed by atoms with Crippen LogP contribution in [0.5, 0.6) is 5.75 Å². The van der Waals surface area contributed by atoms with Gasteiger partial charge in [0.2, 0.25) is 0 Å². The molecule has 0 aliphatic carbocycles. The predicted octanol–water partition coefficient (Wildman–Crippen LogP) is 4.29. The second kappa shape index (κ2) is 10.9. The molecule has 8 nitrogen and oxygen atoms in total. The van der Waals surface area contributed by atoms with E-state index in [9.17, 15) is 13.2 Å². The Morgan fingerprint density at radius 3 is 2.60 bits per heavy atom. The molecule has 0 fully saturated rings. The van der Waals surface area contributed by atoms with Gasteiger partial charge in [0.1, 0.15) is 5.75 Å². The first-order valence-electron chi connectivity index (χ1n) is 10.9. The van der Waals surface area contributed by atoms with Crippen LogP contribution in [0.4, 0.5) is 5.69 Å². The molecule has 0 bridgehead atoms. The molecule has 1 heterocycles. The van der Waals surface area contributed by atoms with E-state index in [1.54, 1.807) is 43.5 Å². The van der Waals surface area contributed by atoms with Crippen molar-refractivity contribution in [2.75, 3.05) is 25.0 Å². The summed E-state index contributed by atoms with van der Waals surface area (Å²) in [5.41, 5.74) is 1.47. The lowest BCUT2D eigenvalue weighted by Crippen LogP contribution is -2.19. The zero-order valence-electron chi connectivity index (χ0n) is 19.3. The van der Waals surface area contributed by atoms with Gasteiger partial charge in [-0.2, -0.15) is 4.99 Å². The molecule has 0 aliphatic heterocycles. The van der Waals surface area contributed by atoms with E-state index < -0.39 is 15.9 Å². The number of benzene rings is 3. The number of thiazole rings is 1. The van der Waals surface area contributed by atoms with Crippen molar-refractivity contribution >= 4 is 43.2 Å². The van der Waals surface area contributed by atoms with Gasteiger partial charge in [0.15, 0.2) is 4.80 Å². The molecule has 4 aromatic rings. The maximum atomic E-state index is 13.1. The molecule has 1 N–H and O–H groups in total. The first-order chi connectivity index (χ1) is 16.9. The van der Waals surface area contributed by atoms with Crippen molar-refractivity contribution in [1.29, 1.82) is 0 Å². The van der Waals surface area contributed by atoms with Crippen molar-refractivity contribution in [3.05, 3.63) is 83.2 Å². The number of methoxy groups -OCH3 is 1. The van der Waals surface area contributed by atoms with Gasteiger partial charge in [0, 0.05) is 24.9 Å². The zero-order valence-corrected chi connectivity index (χ0v) is 20.9. The van der Waals surface area contributed by atoms with Crippen LogP contribution < -0.4 is 14.3 Å². The topological polar surface area (TPSA) is 99.0 Å². The lowest BCUT2D eigenvalue weighted by molar-refractivity contribution is 0.0997. The quantitative estimate of drug-likeness (QED) is 0.361. The largest absolute Gasteiger partial charge is 0.494 e. The highest BCUT2D eigenvalue weighted by Gasteiger charge is 2.15. The predicted molar refractivity (Wildman–Crippen MR) is 136 cm³/mol. The summed E-state index contributed by atoms with van der Waals surface area (Å²) in [5.74, 6) is 0.268. The average molecular weight is 512 g/mol. The van der Waals surface area contributed by atoms with Crippen LogP contribution in [0.25, 0.3) is 10.2 Å². The Morgan fingerprint density at radius 1 is 1.06 bits per heavy atom. The van der Waals surface area contributed by atoms with Gasteiger partial charge < -0.3 is 14.0 Å². The molecule has 1 aromatic heterocycles. The zero-order chi connectivity index (χ0) is 24.8. The van der Waals surface area contributed by atoms with Crippen LogP contribution in [-0.2, 0) is 21.3 Å². The van der Waals surface area contributed by atoms with Crippen molar-refractivity contribution in [2.24, 2.45) is 4.99 Å². The number of aromatic nitrogens is 1. The number of hydrogen-bond acceptors (Lipinski definition) is 6. The summed E-state index contributed by atoms with van der Waals surface area (Å²) < 4.78 is 41.5. The fraction of sp³-hybridized carbons (Fsp3) is 0.200. The lowest BCUT2D eigenvalue weighted by atomic mass is 10.2. The third kappa shape index (κ3) is 5.79. The van der Waals surface area contributed by atoms with Crippen molar-refractivity contribution < 1.29 is 22.7 Å². The normalized spacial score (nSPS) is 12.1. The van der Waals surface area contributed by atoms with Gasteiger partial charge in [-0.1, -0.05) is 35.6 Å². The number of nitrogens with one attached hydrogen (secondary N) is 1. The minimum absolute atomic E-state index is 0.136. The summed E-state index contributed by atoms with van der Waals surface area (Å²) in [6.45, 7) is 3.45. The van der Waals surface area contributed by atoms with E-state index in [0.29, 0.717) is 24.6 Å². The van der Waals surface area contributed by atoms with E-state index in [-0.39, 0.29) is 16.1 Å². The van der Waals surface area contributed by atoms with E-state index in [0.717, 1.165) is 16.0 Å². The number of nitrogens with zero attached hydrogens (tertiary/aromatic N) is 2. The summed E-state index contributed by atoms with van der Waals surface area (Å²) in [6.07, 6.45) is 0. The number of rotatable bonds is 9. The Morgan fingerprint density at radius 2 is 1.86 bits per heavy atom. The van der Waals surface area contributed by atoms with Crippen LogP contribution in [0.15, 0.2) is 82.7 Å². The van der Waals surface area contributed by atoms with Gasteiger partial charge in [-0.05, 0) is 55.5 Å². The van der Waals surface area contributed by atoms with Gasteiger partial charge in [-0.15, -0.1) is 0 Å². The number of sulfonamides is 1. The smallest absolute Gasteiger partial charge is 0.279 e. The van der Waals surface area contributed by atoms with Crippen molar-refractivity contribution in [1.82, 2.24) is 4.57 Å². The van der Waals surface area contributed by atoms with E-state index in [1.807, 2.05) is 29.7 Å². The number of anilines is 1. The van der Waals surface area contributed by atoms with Gasteiger partial charge in [-0.25, -0.2) is 8.42 Å². The molecular weight excluding hydrogens is 486 g/mol. The highest BCUT2D eigenvalue weighted by molar-refractivity contribution is 7.92. The Bertz CT molecular complexity index is 1510. The molecule has 10 heteroatoms. The third-order valence-electron chi connectivity index (χ3n) is 5.10. The van der Waals surface area contributed by atoms with E-state index in [4.69, 9.17) is 9.47 Å². The molecule has 35 heavy (non-hydrogen) atoms. The van der Waals surface area contributed by atoms with Crippen molar-refractivity contribution in [3.63, 3.8) is 0 Å². The Labute approximate surface area is 207 Å². The van der Waals surface area contributed by atoms with E-state index in [2.05, 4.69) is 9.71 Å². The van der Waals surface area contributed by atoms with Gasteiger partial charge >= 0.3 is 0 Å². The van der Waals surface area contributed by atoms with Crippen LogP contribution in [0.3, 0.4) is 0 Å². The summed E-state index contributed by atoms with van der Waals surface area (Å²) in [6, 6.07) is 20.1. The Balaban J connectivity index is 1.67. The van der Waals surface area contributed by atoms with Crippen LogP contribution >= 0.6 is 11.3 Å². The molecule has 0 radical (unpaired) electrons. The van der Waals surface area contributed by atoms with Crippen LogP contribution in [0.2, 0.25) is 0 Å². The lowest BCUT2D eigenvalue weighted by Gasteiger charge is -2.08. The first kappa shape index (κ1) is 24.6. The molecule has 0 unspecified atom stereocenters. The van der Waals surface area contributed by atoms with Gasteiger partial charge in [0.25, 0.3) is 15.9 Å². The van der Waals surface area contributed by atoms with Crippen LogP contribution in [0.1, 0.15) is 17.3 Å². The molecule has 0 saturated carbocycles. The molecule has 0 aliphatic rings. The highest BCUT2D eigenvalue weighted by Crippen LogP contribution is 2.24. The number of ether oxygens (including phenoxy) is 2. The average Bonchev–Trinajstić information content (AvgIpc) is 3.19. The Kier molecular flexibility index (Phi) is 7.64. The molecular formula is C25H25N3O5S2. The fourth-order valence-corrected chi connectivity index (χ4v) is 5.63. The summed E-state index contributed by atoms with van der Waals surface area (Å²) in [4.78, 5) is 18.1. The second-order valence-electron chi connectivity index (χ2n) is 7.51. The molecule has 4 rings (SSSR count). The minimum Gasteiger partial charge on any atom is -0.494 e. The highest BCUT2D eigenvalue weighted by atomic mass is 32.2. The monoisotopic (exact) mass is 511 g/mol. The third-order valence-corrected chi connectivity index (χ3v) is 7.54. The van der Waals surface area contributed by atoms with E-state index >= 15 is 0 Å². The van der Waals surface area contributed by atoms with Crippen molar-refractivity contribution in [2.45, 2.75) is 18.4 Å². The summed E-state index contributed by atoms with van der Waals surface area (Å²) in [5, 5.41) is 0. The Hall–Kier alpha value is -3.47. The molecule has 3 aromatic carbocycles. The first-order valence-corrected chi connectivity index (χ1v) is 13.2. The fourth-order valence-electron chi connectivity index (χ4n) is 3.47. The van der Waals surface area contributed by atoms with E-state index in [1.165, 1.54) is 29.5 Å². The minimum atomic E-state index is -3.78. The summed E-state index contributed by atoms with van der Waals surface area (Å²) in [7, 11) is -2.16. The maximum absolute atomic E-state index is 13.1. The number of carbonyl (C=O) groups excluding carboxylic acids is 1. The maximum Gasteiger partial charge on any atom is 0.279 e. The molecule has 0 saturated heterocycles. The summed E-state index contributed by atoms with van der Waals surface area (Å²) >= 11 is 1.38. The SMILES string of the molecule is CCOc1ccc2c(c1)sc(=NC(=O)c1cccc(NS(=O)(=O)c3ccccc3)c1)n2CCOC. The molecule has 1 amide bonds. The van der Waals surface area contributed by atoms with Crippen LogP contribution in [-0.4, -0.2) is 39.2 Å². The number of fused-ring (bicyclic) bond motifs is 1. The number of carbonyl (C=O) groups is 1. The standard InChI is InChI=1S/C25H25N3O5S2/c1-3-33-20-12-13-22-23(17-20)34-25(28(22)14-15-32-2)26-24(29)18-8-7-9-19(16-18)27-35(30,31)21-10-5-4-6-11-21/h4-13,16-17,27H,3,14-15H2,1-2H3. The number of hydrogen-bond donors (Lipinski definition) is 1. The number of amides is 1.